The van der Waals surface area contributed by atoms with Crippen LogP contribution in [0.3, 0.4) is 0 Å². The fourth-order valence-corrected chi connectivity index (χ4v) is 2.60. The van der Waals surface area contributed by atoms with E-state index < -0.39 is 0 Å². The summed E-state index contributed by atoms with van der Waals surface area (Å²) in [5.41, 5.74) is 5.96. The van der Waals surface area contributed by atoms with Crippen LogP contribution in [0, 0.1) is 0 Å². The van der Waals surface area contributed by atoms with E-state index in [0.29, 0.717) is 0 Å². The summed E-state index contributed by atoms with van der Waals surface area (Å²) in [4.78, 5) is 4.41. The lowest BCUT2D eigenvalue weighted by molar-refractivity contribution is 0.350. The van der Waals surface area contributed by atoms with Gasteiger partial charge in [0.25, 0.3) is 0 Å². The van der Waals surface area contributed by atoms with Gasteiger partial charge in [0.1, 0.15) is 5.75 Å². The molecule has 3 N–H and O–H groups in total. The smallest absolute Gasteiger partial charge is 0.127 e. The molecule has 0 fully saturated rings. The topological polar surface area (TPSA) is 60.2 Å². The zero-order valence-corrected chi connectivity index (χ0v) is 11.9. The standard InChI is InChI=1S/C14H14BrN3O/c15-10-4-5-12(17-8-10)13(18-16)11-3-1-2-9-6-7-19-14(9)11/h1-5,8,13,18H,6-7,16H2. The van der Waals surface area contributed by atoms with Gasteiger partial charge < -0.3 is 4.74 Å². The average molecular weight is 320 g/mol. The maximum absolute atomic E-state index is 5.73. The van der Waals surface area contributed by atoms with Gasteiger partial charge in [0, 0.05) is 22.7 Å². The molecule has 0 saturated carbocycles. The SMILES string of the molecule is NNC(c1ccc(Br)cn1)c1cccc2c1OCC2. The van der Waals surface area contributed by atoms with Crippen LogP contribution in [0.15, 0.2) is 41.0 Å². The van der Waals surface area contributed by atoms with Crippen molar-refractivity contribution in [3.05, 3.63) is 57.8 Å². The third-order valence-corrected chi connectivity index (χ3v) is 3.74. The zero-order valence-electron chi connectivity index (χ0n) is 10.3. The number of halogens is 1. The third-order valence-electron chi connectivity index (χ3n) is 3.27. The molecule has 1 aromatic heterocycles. The maximum Gasteiger partial charge on any atom is 0.127 e. The number of hydrazine groups is 1. The first-order chi connectivity index (χ1) is 9.29. The summed E-state index contributed by atoms with van der Waals surface area (Å²) in [6.45, 7) is 0.734. The summed E-state index contributed by atoms with van der Waals surface area (Å²) in [5.74, 6) is 6.65. The zero-order chi connectivity index (χ0) is 13.2. The molecular weight excluding hydrogens is 306 g/mol. The first kappa shape index (κ1) is 12.6. The van der Waals surface area contributed by atoms with Crippen LogP contribution in [0.2, 0.25) is 0 Å². The maximum atomic E-state index is 5.73. The molecule has 2 heterocycles. The van der Waals surface area contributed by atoms with Gasteiger partial charge in [0.2, 0.25) is 0 Å². The molecule has 0 radical (unpaired) electrons. The van der Waals surface area contributed by atoms with Crippen molar-refractivity contribution < 1.29 is 4.74 Å². The van der Waals surface area contributed by atoms with Gasteiger partial charge in [-0.25, -0.2) is 5.43 Å². The average Bonchev–Trinajstić information content (AvgIpc) is 2.91. The Hall–Kier alpha value is -1.43. The van der Waals surface area contributed by atoms with Crippen LogP contribution in [0.25, 0.3) is 0 Å². The van der Waals surface area contributed by atoms with Crippen molar-refractivity contribution >= 4 is 15.9 Å². The molecule has 1 unspecified atom stereocenters. The van der Waals surface area contributed by atoms with Crippen LogP contribution < -0.4 is 16.0 Å². The van der Waals surface area contributed by atoms with E-state index in [1.807, 2.05) is 24.3 Å². The monoisotopic (exact) mass is 319 g/mol. The molecule has 1 aliphatic heterocycles. The predicted octanol–water partition coefficient (Wildman–Crippen LogP) is 2.33. The normalized spacial score (nSPS) is 14.8. The minimum atomic E-state index is -0.166. The lowest BCUT2D eigenvalue weighted by Gasteiger charge is -2.18. The van der Waals surface area contributed by atoms with Crippen molar-refractivity contribution in [1.82, 2.24) is 10.4 Å². The molecule has 98 valence electrons. The van der Waals surface area contributed by atoms with E-state index in [4.69, 9.17) is 10.6 Å². The number of benzene rings is 1. The van der Waals surface area contributed by atoms with Gasteiger partial charge in [-0.3, -0.25) is 10.8 Å². The van der Waals surface area contributed by atoms with Crippen LogP contribution in [0.5, 0.6) is 5.75 Å². The van der Waals surface area contributed by atoms with Crippen LogP contribution in [-0.4, -0.2) is 11.6 Å². The molecule has 0 amide bonds. The number of pyridine rings is 1. The Kier molecular flexibility index (Phi) is 3.50. The second kappa shape index (κ2) is 5.28. The highest BCUT2D eigenvalue weighted by Gasteiger charge is 2.23. The number of fused-ring (bicyclic) bond motifs is 1. The Morgan fingerprint density at radius 2 is 2.21 bits per heavy atom. The fourth-order valence-electron chi connectivity index (χ4n) is 2.36. The lowest BCUT2D eigenvalue weighted by atomic mass is 9.99. The molecule has 0 bridgehead atoms. The molecule has 1 aromatic carbocycles. The van der Waals surface area contributed by atoms with E-state index in [2.05, 4.69) is 32.4 Å². The summed E-state index contributed by atoms with van der Waals surface area (Å²) in [6, 6.07) is 9.89. The van der Waals surface area contributed by atoms with Crippen LogP contribution in [0.4, 0.5) is 0 Å². The van der Waals surface area contributed by atoms with Gasteiger partial charge in [-0.15, -0.1) is 0 Å². The number of hydrogen-bond acceptors (Lipinski definition) is 4. The van der Waals surface area contributed by atoms with Crippen molar-refractivity contribution in [3.8, 4) is 5.75 Å². The predicted molar refractivity (Wildman–Crippen MR) is 76.7 cm³/mol. The first-order valence-electron chi connectivity index (χ1n) is 6.12. The van der Waals surface area contributed by atoms with Gasteiger partial charge in [-0.1, -0.05) is 18.2 Å². The Morgan fingerprint density at radius 1 is 1.32 bits per heavy atom. The summed E-state index contributed by atoms with van der Waals surface area (Å²) >= 11 is 3.38. The van der Waals surface area contributed by atoms with Gasteiger partial charge in [-0.05, 0) is 33.6 Å². The van der Waals surface area contributed by atoms with E-state index in [1.165, 1.54) is 5.56 Å². The molecule has 19 heavy (non-hydrogen) atoms. The minimum absolute atomic E-state index is 0.166. The molecule has 3 rings (SSSR count). The number of hydrogen-bond donors (Lipinski definition) is 2. The van der Waals surface area contributed by atoms with Gasteiger partial charge >= 0.3 is 0 Å². The summed E-state index contributed by atoms with van der Waals surface area (Å²) in [6.07, 6.45) is 2.72. The van der Waals surface area contributed by atoms with Crippen molar-refractivity contribution in [2.24, 2.45) is 5.84 Å². The third kappa shape index (κ3) is 2.36. The molecule has 5 heteroatoms. The van der Waals surface area contributed by atoms with E-state index in [1.54, 1.807) is 6.20 Å². The molecule has 1 atom stereocenters. The molecule has 4 nitrogen and oxygen atoms in total. The second-order valence-corrected chi connectivity index (χ2v) is 5.35. The number of nitrogens with zero attached hydrogens (tertiary/aromatic N) is 1. The van der Waals surface area contributed by atoms with Crippen LogP contribution in [0.1, 0.15) is 22.9 Å². The quantitative estimate of drug-likeness (QED) is 0.673. The molecule has 1 aliphatic rings. The van der Waals surface area contributed by atoms with Crippen molar-refractivity contribution in [2.75, 3.05) is 6.61 Å². The van der Waals surface area contributed by atoms with Crippen molar-refractivity contribution in [3.63, 3.8) is 0 Å². The largest absolute Gasteiger partial charge is 0.493 e. The molecule has 0 spiro atoms. The van der Waals surface area contributed by atoms with E-state index in [0.717, 1.165) is 34.5 Å². The second-order valence-electron chi connectivity index (χ2n) is 4.43. The lowest BCUT2D eigenvalue weighted by Crippen LogP contribution is -2.29. The summed E-state index contributed by atoms with van der Waals surface area (Å²) in [5, 5.41) is 0. The highest BCUT2D eigenvalue weighted by Crippen LogP contribution is 2.35. The number of rotatable bonds is 3. The van der Waals surface area contributed by atoms with E-state index >= 15 is 0 Å². The number of ether oxygens (including phenoxy) is 1. The van der Waals surface area contributed by atoms with Gasteiger partial charge in [0.15, 0.2) is 0 Å². The van der Waals surface area contributed by atoms with Crippen LogP contribution >= 0.6 is 15.9 Å². The van der Waals surface area contributed by atoms with Crippen molar-refractivity contribution in [1.29, 1.82) is 0 Å². The highest BCUT2D eigenvalue weighted by atomic mass is 79.9. The fraction of sp³-hybridized carbons (Fsp3) is 0.214. The Labute approximate surface area is 120 Å². The number of aromatic nitrogens is 1. The Bertz CT molecular complexity index is 586. The molecule has 2 aromatic rings. The Balaban J connectivity index is 2.03. The van der Waals surface area contributed by atoms with Crippen LogP contribution in [-0.2, 0) is 6.42 Å². The van der Waals surface area contributed by atoms with Gasteiger partial charge in [-0.2, -0.15) is 0 Å². The molecular formula is C14H14BrN3O. The summed E-state index contributed by atoms with van der Waals surface area (Å²) in [7, 11) is 0. The highest BCUT2D eigenvalue weighted by molar-refractivity contribution is 9.10. The van der Waals surface area contributed by atoms with Crippen molar-refractivity contribution in [2.45, 2.75) is 12.5 Å². The number of para-hydroxylation sites is 1. The number of nitrogens with one attached hydrogen (secondary N) is 1. The Morgan fingerprint density at radius 3 is 2.95 bits per heavy atom. The number of nitrogens with two attached hydrogens (primary N) is 1. The molecule has 0 aliphatic carbocycles. The van der Waals surface area contributed by atoms with Gasteiger partial charge in [0.05, 0.1) is 18.3 Å². The first-order valence-corrected chi connectivity index (χ1v) is 6.91. The summed E-state index contributed by atoms with van der Waals surface area (Å²) < 4.78 is 6.67. The van der Waals surface area contributed by atoms with E-state index in [-0.39, 0.29) is 6.04 Å². The molecule has 0 saturated heterocycles. The minimum Gasteiger partial charge on any atom is -0.493 e. The van der Waals surface area contributed by atoms with E-state index in [9.17, 15) is 0 Å².